The summed E-state index contributed by atoms with van der Waals surface area (Å²) < 4.78 is 0. The highest BCUT2D eigenvalue weighted by Crippen LogP contribution is 2.88. The van der Waals surface area contributed by atoms with E-state index in [-0.39, 0.29) is 57.8 Å². The Kier molecular flexibility index (Phi) is 12.8. The van der Waals surface area contributed by atoms with E-state index in [1.807, 2.05) is 62.3 Å². The third-order valence-corrected chi connectivity index (χ3v) is 13.6. The maximum Gasteiger partial charge on any atom is 0.267 e. The van der Waals surface area contributed by atoms with Crippen molar-refractivity contribution < 1.29 is 24.0 Å². The second-order valence-electron chi connectivity index (χ2n) is 20.2. The van der Waals surface area contributed by atoms with E-state index >= 15 is 4.79 Å². The van der Waals surface area contributed by atoms with Crippen LogP contribution in [0.25, 0.3) is 0 Å². The molecule has 2 saturated carbocycles. The lowest BCUT2D eigenvalue weighted by atomic mass is 9.73. The van der Waals surface area contributed by atoms with Crippen molar-refractivity contribution in [2.75, 3.05) is 13.1 Å². The molecule has 4 rings (SSSR count). The number of nitrogens with zero attached hydrogens (tertiary/aromatic N) is 2. The molecule has 2 saturated heterocycles. The van der Waals surface area contributed by atoms with Crippen LogP contribution in [0, 0.1) is 32.5 Å². The summed E-state index contributed by atoms with van der Waals surface area (Å²) in [5.41, 5.74) is -1.88. The fraction of sp³-hybridized carbons (Fsp3) is 0.857. The summed E-state index contributed by atoms with van der Waals surface area (Å²) in [7, 11) is 0. The number of likely N-dealkylation sites (tertiary alicyclic amines) is 2. The van der Waals surface area contributed by atoms with E-state index < -0.39 is 46.8 Å². The largest absolute Gasteiger partial charge is 0.349 e. The van der Waals surface area contributed by atoms with Crippen LogP contribution in [0.3, 0.4) is 0 Å². The zero-order valence-electron chi connectivity index (χ0n) is 35.8. The molecular weight excluding hydrogens is 683 g/mol. The summed E-state index contributed by atoms with van der Waals surface area (Å²) in [5, 5.41) is 20.7. The Morgan fingerprint density at radius 3 is 1.85 bits per heavy atom. The highest BCUT2D eigenvalue weighted by atomic mass is 16.2. The SMILES string of the molecule is CCC[C@H](NC(=O)[C@@H]1C[C@@]2(CN1C(=O)[C@@H](NC(=O)C(NC(=O)[C@@H]1CCCCN1C(C)C)C(C)(C)C)C(C)(C)C)C(C)(C)C21CCC1)C(=N)C(=O)NC(C)C. The minimum absolute atomic E-state index is 0.0469. The van der Waals surface area contributed by atoms with Crippen LogP contribution in [0.5, 0.6) is 0 Å². The van der Waals surface area contributed by atoms with Crippen LogP contribution < -0.4 is 21.3 Å². The molecule has 1 unspecified atom stereocenters. The van der Waals surface area contributed by atoms with Crippen molar-refractivity contribution in [2.24, 2.45) is 27.1 Å². The molecule has 2 aliphatic carbocycles. The Morgan fingerprint density at radius 1 is 0.778 bits per heavy atom. The number of carbonyl (C=O) groups excluding carboxylic acids is 5. The van der Waals surface area contributed by atoms with Gasteiger partial charge in [0.2, 0.25) is 23.6 Å². The van der Waals surface area contributed by atoms with Crippen molar-refractivity contribution in [3.63, 3.8) is 0 Å². The number of fused-ring (bicyclic) bond motifs is 1. The van der Waals surface area contributed by atoms with Gasteiger partial charge in [0.15, 0.2) is 0 Å². The highest BCUT2D eigenvalue weighted by Gasteiger charge is 2.85. The molecule has 5 N–H and O–H groups in total. The standard InChI is InChI=1S/C42H73N7O5/c1-14-18-27(30(43)35(52)44-25(2)3)45-34(51)29-23-42(40(12,13)41(42)20-17-21-41)24-49(29)37(54)32(39(9,10)11)47-36(53)31(38(6,7)8)46-33(50)28-19-15-16-22-48(28)26(4)5/h25-29,31-32,43H,14-24H2,1-13H3,(H,44,52)(H,45,51)(H,46,50)(H,47,53)/t27-,28-,29-,31?,32+,42+/m0/s1. The highest BCUT2D eigenvalue weighted by molar-refractivity contribution is 6.39. The van der Waals surface area contributed by atoms with Gasteiger partial charge < -0.3 is 26.2 Å². The molecule has 0 bridgehead atoms. The number of hydrogen-bond donors (Lipinski definition) is 5. The molecule has 2 aliphatic heterocycles. The van der Waals surface area contributed by atoms with E-state index in [2.05, 4.69) is 53.9 Å². The van der Waals surface area contributed by atoms with Gasteiger partial charge in [0.05, 0.1) is 12.1 Å². The zero-order valence-corrected chi connectivity index (χ0v) is 35.8. The second-order valence-corrected chi connectivity index (χ2v) is 20.2. The fourth-order valence-corrected chi connectivity index (χ4v) is 10.2. The summed E-state index contributed by atoms with van der Waals surface area (Å²) in [6.07, 6.45) is 7.48. The minimum atomic E-state index is -0.986. The van der Waals surface area contributed by atoms with Crippen molar-refractivity contribution in [1.29, 1.82) is 5.41 Å². The van der Waals surface area contributed by atoms with E-state index in [1.54, 1.807) is 4.90 Å². The van der Waals surface area contributed by atoms with E-state index in [1.165, 1.54) is 0 Å². The molecule has 2 heterocycles. The molecule has 0 aromatic heterocycles. The average molecular weight is 756 g/mol. The molecule has 4 aliphatic rings. The van der Waals surface area contributed by atoms with Gasteiger partial charge in [-0.3, -0.25) is 34.3 Å². The van der Waals surface area contributed by atoms with Crippen LogP contribution in [0.15, 0.2) is 0 Å². The third kappa shape index (κ3) is 8.10. The predicted molar refractivity (Wildman–Crippen MR) is 213 cm³/mol. The van der Waals surface area contributed by atoms with Crippen molar-refractivity contribution in [3.8, 4) is 0 Å². The zero-order chi connectivity index (χ0) is 40.8. The Balaban J connectivity index is 1.64. The molecule has 306 valence electrons. The molecule has 6 atom stereocenters. The predicted octanol–water partition coefficient (Wildman–Crippen LogP) is 4.94. The lowest BCUT2D eigenvalue weighted by Crippen LogP contribution is -2.64. The van der Waals surface area contributed by atoms with Crippen LogP contribution in [0.2, 0.25) is 0 Å². The van der Waals surface area contributed by atoms with Gasteiger partial charge in [0.1, 0.15) is 23.8 Å². The molecule has 12 heteroatoms. The smallest absolute Gasteiger partial charge is 0.267 e. The van der Waals surface area contributed by atoms with Crippen LogP contribution in [-0.4, -0.2) is 100 Å². The summed E-state index contributed by atoms with van der Waals surface area (Å²) in [6, 6.07) is -3.81. The molecule has 0 aromatic rings. The summed E-state index contributed by atoms with van der Waals surface area (Å²) in [5.74, 6) is -1.83. The Hall–Kier alpha value is -3.02. The first-order chi connectivity index (χ1) is 24.9. The number of carbonyl (C=O) groups is 5. The van der Waals surface area contributed by atoms with Crippen molar-refractivity contribution in [1.82, 2.24) is 31.1 Å². The number of nitrogens with one attached hydrogen (secondary N) is 5. The van der Waals surface area contributed by atoms with Crippen molar-refractivity contribution in [2.45, 2.75) is 190 Å². The van der Waals surface area contributed by atoms with Gasteiger partial charge in [-0.1, -0.05) is 81.6 Å². The minimum Gasteiger partial charge on any atom is -0.349 e. The molecule has 2 spiro atoms. The maximum absolute atomic E-state index is 15.1. The Morgan fingerprint density at radius 2 is 1.37 bits per heavy atom. The molecule has 12 nitrogen and oxygen atoms in total. The van der Waals surface area contributed by atoms with Crippen LogP contribution in [0.1, 0.15) is 148 Å². The normalized spacial score (nSPS) is 26.5. The van der Waals surface area contributed by atoms with Crippen LogP contribution in [-0.2, 0) is 24.0 Å². The van der Waals surface area contributed by atoms with Gasteiger partial charge in [-0.05, 0) is 94.4 Å². The van der Waals surface area contributed by atoms with Gasteiger partial charge in [-0.2, -0.15) is 0 Å². The maximum atomic E-state index is 15.1. The summed E-state index contributed by atoms with van der Waals surface area (Å²) >= 11 is 0. The molecule has 0 radical (unpaired) electrons. The van der Waals surface area contributed by atoms with Gasteiger partial charge in [0, 0.05) is 24.0 Å². The van der Waals surface area contributed by atoms with Crippen molar-refractivity contribution in [3.05, 3.63) is 0 Å². The lowest BCUT2D eigenvalue weighted by molar-refractivity contribution is -0.145. The van der Waals surface area contributed by atoms with Gasteiger partial charge in [-0.25, -0.2) is 0 Å². The molecule has 5 amide bonds. The van der Waals surface area contributed by atoms with Crippen molar-refractivity contribution >= 4 is 35.2 Å². The van der Waals surface area contributed by atoms with Crippen LogP contribution >= 0.6 is 0 Å². The molecule has 4 fully saturated rings. The first kappa shape index (κ1) is 43.7. The number of piperidine rings is 1. The summed E-state index contributed by atoms with van der Waals surface area (Å²) in [4.78, 5) is 74.5. The van der Waals surface area contributed by atoms with E-state index in [9.17, 15) is 19.2 Å². The first-order valence-corrected chi connectivity index (χ1v) is 20.7. The van der Waals surface area contributed by atoms with E-state index in [4.69, 9.17) is 5.41 Å². The number of amides is 5. The molecule has 54 heavy (non-hydrogen) atoms. The first-order valence-electron chi connectivity index (χ1n) is 20.7. The van der Waals surface area contributed by atoms with Gasteiger partial charge >= 0.3 is 0 Å². The van der Waals surface area contributed by atoms with E-state index in [0.717, 1.165) is 45.1 Å². The van der Waals surface area contributed by atoms with Crippen LogP contribution in [0.4, 0.5) is 0 Å². The average Bonchev–Trinajstić information content (AvgIpc) is 3.26. The quantitative estimate of drug-likeness (QED) is 0.167. The Labute approximate surface area is 325 Å². The van der Waals surface area contributed by atoms with Gasteiger partial charge in [0.25, 0.3) is 5.91 Å². The monoisotopic (exact) mass is 756 g/mol. The lowest BCUT2D eigenvalue weighted by Gasteiger charge is -2.40. The second kappa shape index (κ2) is 15.8. The fourth-order valence-electron chi connectivity index (χ4n) is 10.2. The van der Waals surface area contributed by atoms with Gasteiger partial charge in [-0.15, -0.1) is 0 Å². The third-order valence-electron chi connectivity index (χ3n) is 13.6. The topological polar surface area (TPSA) is 164 Å². The Bertz CT molecular complexity index is 1460. The summed E-state index contributed by atoms with van der Waals surface area (Å²) in [6.45, 7) is 27.0. The number of hydrogen-bond acceptors (Lipinski definition) is 7. The van der Waals surface area contributed by atoms with E-state index in [0.29, 0.717) is 25.8 Å². The molecular formula is C42H73N7O5. The number of rotatable bonds is 13. The molecule has 0 aromatic carbocycles.